The van der Waals surface area contributed by atoms with Gasteiger partial charge in [0.2, 0.25) is 0 Å². The van der Waals surface area contributed by atoms with E-state index in [0.29, 0.717) is 12.5 Å². The molecule has 1 rings (SSSR count). The van der Waals surface area contributed by atoms with Gasteiger partial charge in [0.1, 0.15) is 6.42 Å². The molecule has 0 aromatic rings. The Bertz CT molecular complexity index is 192. The normalized spacial score (nSPS) is 17.3. The lowest BCUT2D eigenvalue weighted by Gasteiger charge is -2.05. The van der Waals surface area contributed by atoms with Crippen molar-refractivity contribution in [2.75, 3.05) is 6.61 Å². The number of hydrogen-bond acceptors (Lipinski definition) is 3. The molecule has 0 N–H and O–H groups in total. The van der Waals surface area contributed by atoms with Gasteiger partial charge in [0.25, 0.3) is 0 Å². The minimum Gasteiger partial charge on any atom is -0.466 e. The minimum absolute atomic E-state index is 0.169. The third-order valence-electron chi connectivity index (χ3n) is 1.59. The summed E-state index contributed by atoms with van der Waals surface area (Å²) >= 11 is 0. The van der Waals surface area contributed by atoms with Gasteiger partial charge in [-0.15, -0.1) is 0 Å². The van der Waals surface area contributed by atoms with Crippen molar-refractivity contribution in [1.82, 2.24) is 0 Å². The first-order valence-corrected chi connectivity index (χ1v) is 4.14. The van der Waals surface area contributed by atoms with Gasteiger partial charge in [0.15, 0.2) is 5.78 Å². The zero-order chi connectivity index (χ0) is 9.68. The first-order valence-electron chi connectivity index (χ1n) is 4.14. The van der Waals surface area contributed by atoms with Crippen molar-refractivity contribution in [1.29, 1.82) is 0 Å². The van der Waals surface area contributed by atoms with Gasteiger partial charge in [-0.1, -0.05) is 0 Å². The van der Waals surface area contributed by atoms with E-state index in [-0.39, 0.29) is 12.2 Å². The topological polar surface area (TPSA) is 43.4 Å². The van der Waals surface area contributed by atoms with Gasteiger partial charge in [-0.3, -0.25) is 9.59 Å². The van der Waals surface area contributed by atoms with Crippen molar-refractivity contribution in [3.05, 3.63) is 31.6 Å². The lowest BCUT2D eigenvalue weighted by atomic mass is 10.0. The van der Waals surface area contributed by atoms with Crippen LogP contribution in [0.25, 0.3) is 0 Å². The monoisotopic (exact) mass is 179 g/mol. The maximum Gasteiger partial charge on any atom is 0.313 e. The molecule has 5 radical (unpaired) electrons. The molecule has 3 heteroatoms. The zero-order valence-corrected chi connectivity index (χ0v) is 7.45. The maximum absolute atomic E-state index is 11.3. The molecule has 3 nitrogen and oxygen atoms in total. The first-order chi connectivity index (χ1) is 6.24. The van der Waals surface area contributed by atoms with Crippen LogP contribution in [0.2, 0.25) is 0 Å². The highest BCUT2D eigenvalue weighted by Gasteiger charge is 2.26. The molecule has 1 aliphatic rings. The third kappa shape index (κ3) is 3.17. The molecular weight excluding hydrogens is 168 g/mol. The summed E-state index contributed by atoms with van der Waals surface area (Å²) in [5.74, 6) is -0.0924. The van der Waals surface area contributed by atoms with Gasteiger partial charge >= 0.3 is 5.97 Å². The number of hydrogen-bond donors (Lipinski definition) is 0. The molecule has 0 atom stereocenters. The minimum atomic E-state index is -0.464. The molecular formula is C10H11O3. The van der Waals surface area contributed by atoms with Crippen LogP contribution in [0.5, 0.6) is 0 Å². The van der Waals surface area contributed by atoms with Gasteiger partial charge in [-0.25, -0.2) is 0 Å². The summed E-state index contributed by atoms with van der Waals surface area (Å²) in [5.41, 5.74) is 0. The largest absolute Gasteiger partial charge is 0.466 e. The van der Waals surface area contributed by atoms with E-state index in [2.05, 4.69) is 4.74 Å². The molecule has 1 saturated carbocycles. The van der Waals surface area contributed by atoms with Gasteiger partial charge < -0.3 is 4.74 Å². The number of rotatable bonds is 4. The second-order valence-electron chi connectivity index (χ2n) is 2.58. The fourth-order valence-corrected chi connectivity index (χ4v) is 1.01. The Morgan fingerprint density at radius 1 is 1.31 bits per heavy atom. The highest BCUT2D eigenvalue weighted by Crippen LogP contribution is 2.24. The van der Waals surface area contributed by atoms with Crippen LogP contribution in [-0.4, -0.2) is 18.4 Å². The van der Waals surface area contributed by atoms with E-state index in [4.69, 9.17) is 0 Å². The van der Waals surface area contributed by atoms with Crippen molar-refractivity contribution < 1.29 is 14.3 Å². The average Bonchev–Trinajstić information content (AvgIpc) is 2.55. The van der Waals surface area contributed by atoms with Gasteiger partial charge in [-0.2, -0.15) is 0 Å². The summed E-state index contributed by atoms with van der Waals surface area (Å²) in [6, 6.07) is 0. The molecule has 0 aliphatic heterocycles. The third-order valence-corrected chi connectivity index (χ3v) is 1.59. The highest BCUT2D eigenvalue weighted by molar-refractivity contribution is 6.06. The van der Waals surface area contributed by atoms with Crippen LogP contribution in [0, 0.1) is 31.6 Å². The van der Waals surface area contributed by atoms with E-state index in [9.17, 15) is 9.59 Å². The molecule has 0 amide bonds. The van der Waals surface area contributed by atoms with E-state index in [1.807, 2.05) is 0 Å². The molecule has 0 bridgehead atoms. The molecule has 1 aliphatic carbocycles. The van der Waals surface area contributed by atoms with Crippen LogP contribution < -0.4 is 0 Å². The van der Waals surface area contributed by atoms with E-state index in [1.165, 1.54) is 0 Å². The second-order valence-corrected chi connectivity index (χ2v) is 2.58. The van der Waals surface area contributed by atoms with Crippen LogP contribution in [0.1, 0.15) is 13.3 Å². The van der Waals surface area contributed by atoms with Crippen molar-refractivity contribution in [3.63, 3.8) is 0 Å². The van der Waals surface area contributed by atoms with Crippen LogP contribution in [0.4, 0.5) is 0 Å². The standard InChI is InChI=1S/C10H11O3/c1-2-13-10(12)7-9(11)8-5-3-4-6-8/h3-6H,2,7H2,1H3. The summed E-state index contributed by atoms with van der Waals surface area (Å²) in [4.78, 5) is 22.2. The summed E-state index contributed by atoms with van der Waals surface area (Å²) in [7, 11) is 0. The van der Waals surface area contributed by atoms with Crippen molar-refractivity contribution in [2.45, 2.75) is 13.3 Å². The van der Waals surface area contributed by atoms with Crippen molar-refractivity contribution >= 4 is 11.8 Å². The Balaban J connectivity index is 2.27. The molecule has 0 aromatic carbocycles. The maximum atomic E-state index is 11.3. The molecule has 69 valence electrons. The number of carbonyl (C=O) groups is 2. The van der Waals surface area contributed by atoms with Crippen LogP contribution in [-0.2, 0) is 14.3 Å². The van der Waals surface area contributed by atoms with E-state index >= 15 is 0 Å². The molecule has 0 spiro atoms. The fraction of sp³-hybridized carbons (Fsp3) is 0.300. The highest BCUT2D eigenvalue weighted by atomic mass is 16.5. The summed E-state index contributed by atoms with van der Waals surface area (Å²) in [6.07, 6.45) is 6.72. The lowest BCUT2D eigenvalue weighted by molar-refractivity contribution is -0.145. The number of ether oxygens (including phenoxy) is 1. The van der Waals surface area contributed by atoms with E-state index in [1.54, 1.807) is 32.6 Å². The Morgan fingerprint density at radius 2 is 1.92 bits per heavy atom. The van der Waals surface area contributed by atoms with E-state index in [0.717, 1.165) is 0 Å². The Hall–Kier alpha value is -0.860. The van der Waals surface area contributed by atoms with Crippen molar-refractivity contribution in [2.24, 2.45) is 0 Å². The quantitative estimate of drug-likeness (QED) is 0.476. The predicted molar refractivity (Wildman–Crippen MR) is 46.7 cm³/mol. The van der Waals surface area contributed by atoms with Gasteiger partial charge in [0.05, 0.1) is 6.61 Å². The summed E-state index contributed by atoms with van der Waals surface area (Å²) in [6.45, 7) is 2.03. The summed E-state index contributed by atoms with van der Waals surface area (Å²) in [5, 5.41) is 0. The Kier molecular flexibility index (Phi) is 3.93. The van der Waals surface area contributed by atoms with Crippen LogP contribution in [0.3, 0.4) is 0 Å². The smallest absolute Gasteiger partial charge is 0.313 e. The van der Waals surface area contributed by atoms with Crippen LogP contribution in [0.15, 0.2) is 0 Å². The molecule has 0 unspecified atom stereocenters. The van der Waals surface area contributed by atoms with Crippen molar-refractivity contribution in [3.8, 4) is 0 Å². The van der Waals surface area contributed by atoms with Crippen LogP contribution >= 0.6 is 0 Å². The first kappa shape index (κ1) is 10.2. The molecule has 0 heterocycles. The predicted octanol–water partition coefficient (Wildman–Crippen LogP) is 0.914. The molecule has 1 fully saturated rings. The van der Waals surface area contributed by atoms with Gasteiger partial charge in [-0.05, 0) is 32.6 Å². The average molecular weight is 179 g/mol. The van der Waals surface area contributed by atoms with Gasteiger partial charge in [0, 0.05) is 5.92 Å². The SMILES string of the molecule is CCOC(=O)CC(=O)[C]1[CH][CH][CH][CH]1. The van der Waals surface area contributed by atoms with E-state index < -0.39 is 5.97 Å². The molecule has 0 aromatic heterocycles. The number of Topliss-reactive ketones (excluding diaryl/α,β-unsaturated/α-hetero) is 1. The number of carbonyl (C=O) groups excluding carboxylic acids is 2. The number of esters is 1. The fourth-order valence-electron chi connectivity index (χ4n) is 1.01. The second kappa shape index (κ2) is 5.00. The lowest BCUT2D eigenvalue weighted by Crippen LogP contribution is -2.16. The Morgan fingerprint density at radius 3 is 2.46 bits per heavy atom. The summed E-state index contributed by atoms with van der Waals surface area (Å²) < 4.78 is 4.65. The number of ketones is 1. The Labute approximate surface area is 78.5 Å². The molecule has 13 heavy (non-hydrogen) atoms. The molecule has 0 saturated heterocycles. The zero-order valence-electron chi connectivity index (χ0n) is 7.45.